The van der Waals surface area contributed by atoms with E-state index in [0.29, 0.717) is 30.7 Å². The van der Waals surface area contributed by atoms with E-state index in [1.54, 1.807) is 11.3 Å². The molecule has 140 valence electrons. The SMILES string of the molecule is Cc1nnc(N2CCN(C(=O)CCc3nc4ccccc4[nH]c3=O)CC2)s1. The smallest absolute Gasteiger partial charge is 0.270 e. The predicted molar refractivity (Wildman–Crippen MR) is 104 cm³/mol. The molecule has 2 aromatic heterocycles. The summed E-state index contributed by atoms with van der Waals surface area (Å²) in [5.41, 5.74) is 1.63. The van der Waals surface area contributed by atoms with Crippen molar-refractivity contribution in [3.8, 4) is 0 Å². The van der Waals surface area contributed by atoms with E-state index < -0.39 is 0 Å². The number of carbonyl (C=O) groups is 1. The van der Waals surface area contributed by atoms with Gasteiger partial charge in [-0.05, 0) is 19.1 Å². The van der Waals surface area contributed by atoms with Crippen molar-refractivity contribution in [2.24, 2.45) is 0 Å². The van der Waals surface area contributed by atoms with E-state index in [2.05, 4.69) is 25.1 Å². The van der Waals surface area contributed by atoms with Crippen LogP contribution in [0.3, 0.4) is 0 Å². The lowest BCUT2D eigenvalue weighted by Crippen LogP contribution is -2.48. The van der Waals surface area contributed by atoms with Crippen molar-refractivity contribution >= 4 is 33.4 Å². The lowest BCUT2D eigenvalue weighted by atomic mass is 10.2. The van der Waals surface area contributed by atoms with Crippen LogP contribution in [0, 0.1) is 6.92 Å². The molecule has 0 bridgehead atoms. The molecule has 1 aliphatic heterocycles. The number of H-pyrrole nitrogens is 1. The number of hydrogen-bond acceptors (Lipinski definition) is 7. The maximum atomic E-state index is 12.5. The number of amides is 1. The number of fused-ring (bicyclic) bond motifs is 1. The van der Waals surface area contributed by atoms with Gasteiger partial charge in [-0.2, -0.15) is 0 Å². The van der Waals surface area contributed by atoms with Gasteiger partial charge >= 0.3 is 0 Å². The standard InChI is InChI=1S/C18H20N6O2S/c1-12-21-22-18(27-12)24-10-8-23(9-11-24)16(25)7-6-15-17(26)20-14-5-3-2-4-13(14)19-15/h2-5H,6-11H2,1H3,(H,20,26). The van der Waals surface area contributed by atoms with E-state index >= 15 is 0 Å². The molecule has 0 unspecified atom stereocenters. The van der Waals surface area contributed by atoms with Crippen LogP contribution in [0.2, 0.25) is 0 Å². The molecule has 1 saturated heterocycles. The number of carbonyl (C=O) groups excluding carboxylic acids is 1. The second-order valence-electron chi connectivity index (χ2n) is 6.50. The zero-order valence-electron chi connectivity index (χ0n) is 15.0. The van der Waals surface area contributed by atoms with Gasteiger partial charge in [0, 0.05) is 39.0 Å². The Bertz CT molecular complexity index is 1020. The van der Waals surface area contributed by atoms with E-state index in [1.165, 1.54) is 0 Å². The molecule has 0 radical (unpaired) electrons. The van der Waals surface area contributed by atoms with Crippen LogP contribution < -0.4 is 10.5 Å². The lowest BCUT2D eigenvalue weighted by molar-refractivity contribution is -0.131. The molecule has 27 heavy (non-hydrogen) atoms. The first-order chi connectivity index (χ1) is 13.1. The molecule has 8 nitrogen and oxygen atoms in total. The van der Waals surface area contributed by atoms with Crippen LogP contribution in [0.25, 0.3) is 11.0 Å². The van der Waals surface area contributed by atoms with E-state index in [-0.39, 0.29) is 17.9 Å². The number of piperazine rings is 1. The van der Waals surface area contributed by atoms with Crippen molar-refractivity contribution in [3.05, 3.63) is 45.3 Å². The third-order valence-electron chi connectivity index (χ3n) is 4.66. The van der Waals surface area contributed by atoms with Gasteiger partial charge in [0.05, 0.1) is 11.0 Å². The van der Waals surface area contributed by atoms with Gasteiger partial charge in [-0.25, -0.2) is 4.98 Å². The number of para-hydroxylation sites is 2. The number of aryl methyl sites for hydroxylation is 2. The second-order valence-corrected chi connectivity index (χ2v) is 7.66. The molecule has 1 aromatic carbocycles. The molecule has 1 fully saturated rings. The van der Waals surface area contributed by atoms with E-state index in [0.717, 1.165) is 28.7 Å². The van der Waals surface area contributed by atoms with E-state index in [1.807, 2.05) is 36.1 Å². The molecule has 9 heteroatoms. The van der Waals surface area contributed by atoms with Gasteiger partial charge in [0.1, 0.15) is 10.7 Å². The fraction of sp³-hybridized carbons (Fsp3) is 0.389. The fourth-order valence-electron chi connectivity index (χ4n) is 3.18. The fourth-order valence-corrected chi connectivity index (χ4v) is 3.92. The molecule has 0 spiro atoms. The number of aromatic nitrogens is 4. The molecule has 3 aromatic rings. The van der Waals surface area contributed by atoms with Gasteiger partial charge in [-0.3, -0.25) is 9.59 Å². The topological polar surface area (TPSA) is 95.1 Å². The van der Waals surface area contributed by atoms with Crippen LogP contribution in [0.5, 0.6) is 0 Å². The number of anilines is 1. The normalized spacial score (nSPS) is 14.7. The summed E-state index contributed by atoms with van der Waals surface area (Å²) in [6, 6.07) is 7.40. The average molecular weight is 384 g/mol. The highest BCUT2D eigenvalue weighted by atomic mass is 32.1. The Morgan fingerprint density at radius 1 is 1.19 bits per heavy atom. The number of nitrogens with one attached hydrogen (secondary N) is 1. The predicted octanol–water partition coefficient (Wildman–Crippen LogP) is 1.36. The van der Waals surface area contributed by atoms with Crippen LogP contribution in [0.4, 0.5) is 5.13 Å². The van der Waals surface area contributed by atoms with Crippen molar-refractivity contribution in [3.63, 3.8) is 0 Å². The van der Waals surface area contributed by atoms with Gasteiger partial charge in [-0.1, -0.05) is 23.5 Å². The zero-order valence-corrected chi connectivity index (χ0v) is 15.8. The minimum Gasteiger partial charge on any atom is -0.343 e. The summed E-state index contributed by atoms with van der Waals surface area (Å²) < 4.78 is 0. The number of nitrogens with zero attached hydrogens (tertiary/aromatic N) is 5. The Kier molecular flexibility index (Phi) is 4.85. The summed E-state index contributed by atoms with van der Waals surface area (Å²) in [5, 5.41) is 10.1. The third-order valence-corrected chi connectivity index (χ3v) is 5.56. The maximum absolute atomic E-state index is 12.5. The largest absolute Gasteiger partial charge is 0.343 e. The molecule has 0 aliphatic carbocycles. The number of aromatic amines is 1. The first-order valence-corrected chi connectivity index (χ1v) is 9.72. The Morgan fingerprint density at radius 2 is 1.96 bits per heavy atom. The van der Waals surface area contributed by atoms with E-state index in [4.69, 9.17) is 0 Å². The number of benzene rings is 1. The van der Waals surface area contributed by atoms with Crippen LogP contribution in [0.15, 0.2) is 29.1 Å². The highest BCUT2D eigenvalue weighted by Crippen LogP contribution is 2.21. The summed E-state index contributed by atoms with van der Waals surface area (Å²) in [6.07, 6.45) is 0.626. The van der Waals surface area contributed by atoms with Crippen LogP contribution in [-0.4, -0.2) is 57.2 Å². The molecule has 3 heterocycles. The third kappa shape index (κ3) is 3.82. The van der Waals surface area contributed by atoms with Crippen molar-refractivity contribution in [2.75, 3.05) is 31.1 Å². The Hall–Kier alpha value is -2.81. The molecule has 4 rings (SSSR count). The van der Waals surface area contributed by atoms with Crippen LogP contribution in [0.1, 0.15) is 17.1 Å². The summed E-state index contributed by atoms with van der Waals surface area (Å²) in [5.74, 6) is 0.0532. The zero-order chi connectivity index (χ0) is 18.8. The highest BCUT2D eigenvalue weighted by molar-refractivity contribution is 7.15. The molecule has 1 aliphatic rings. The number of hydrogen-bond donors (Lipinski definition) is 1. The Balaban J connectivity index is 1.35. The van der Waals surface area contributed by atoms with Gasteiger partial charge in [0.2, 0.25) is 11.0 Å². The second kappa shape index (κ2) is 7.43. The van der Waals surface area contributed by atoms with Gasteiger partial charge in [0.15, 0.2) is 0 Å². The summed E-state index contributed by atoms with van der Waals surface area (Å²) in [4.78, 5) is 35.9. The van der Waals surface area contributed by atoms with Crippen LogP contribution >= 0.6 is 11.3 Å². The quantitative estimate of drug-likeness (QED) is 0.730. The van der Waals surface area contributed by atoms with Crippen molar-refractivity contribution < 1.29 is 4.79 Å². The van der Waals surface area contributed by atoms with Crippen molar-refractivity contribution in [2.45, 2.75) is 19.8 Å². The summed E-state index contributed by atoms with van der Waals surface area (Å²) in [7, 11) is 0. The average Bonchev–Trinajstić information content (AvgIpc) is 3.12. The minimum atomic E-state index is -0.224. The first-order valence-electron chi connectivity index (χ1n) is 8.91. The molecular formula is C18H20N6O2S. The first kappa shape index (κ1) is 17.6. The molecule has 1 N–H and O–H groups in total. The van der Waals surface area contributed by atoms with Gasteiger partial charge in [0.25, 0.3) is 5.56 Å². The van der Waals surface area contributed by atoms with Crippen molar-refractivity contribution in [1.82, 2.24) is 25.1 Å². The van der Waals surface area contributed by atoms with Gasteiger partial charge < -0.3 is 14.8 Å². The Morgan fingerprint density at radius 3 is 2.70 bits per heavy atom. The van der Waals surface area contributed by atoms with Crippen molar-refractivity contribution in [1.29, 1.82) is 0 Å². The molecule has 0 atom stereocenters. The Labute approximate surface area is 159 Å². The molecule has 0 saturated carbocycles. The van der Waals surface area contributed by atoms with Gasteiger partial charge in [-0.15, -0.1) is 10.2 Å². The van der Waals surface area contributed by atoms with Crippen LogP contribution in [-0.2, 0) is 11.2 Å². The minimum absolute atomic E-state index is 0.0532. The summed E-state index contributed by atoms with van der Waals surface area (Å²) in [6.45, 7) is 4.73. The maximum Gasteiger partial charge on any atom is 0.270 e. The highest BCUT2D eigenvalue weighted by Gasteiger charge is 2.23. The molecular weight excluding hydrogens is 364 g/mol. The number of rotatable bonds is 4. The lowest BCUT2D eigenvalue weighted by Gasteiger charge is -2.34. The molecule has 1 amide bonds. The summed E-state index contributed by atoms with van der Waals surface area (Å²) >= 11 is 1.57. The van der Waals surface area contributed by atoms with E-state index in [9.17, 15) is 9.59 Å². The monoisotopic (exact) mass is 384 g/mol.